The molecule has 15 heavy (non-hydrogen) atoms. The van der Waals surface area contributed by atoms with Gasteiger partial charge < -0.3 is 10.2 Å². The van der Waals surface area contributed by atoms with Gasteiger partial charge in [0.2, 0.25) is 0 Å². The van der Waals surface area contributed by atoms with E-state index >= 15 is 0 Å². The quantitative estimate of drug-likeness (QED) is 0.731. The second-order valence-corrected chi connectivity index (χ2v) is 3.64. The van der Waals surface area contributed by atoms with Crippen LogP contribution in [0.2, 0.25) is 0 Å². The van der Waals surface area contributed by atoms with Gasteiger partial charge in [-0.3, -0.25) is 0 Å². The van der Waals surface area contributed by atoms with Crippen molar-refractivity contribution in [2.24, 2.45) is 0 Å². The van der Waals surface area contributed by atoms with Crippen LogP contribution in [0.25, 0.3) is 5.57 Å². The highest BCUT2D eigenvalue weighted by atomic mass is 16.4. The molecule has 0 saturated carbocycles. The molecule has 3 heteroatoms. The summed E-state index contributed by atoms with van der Waals surface area (Å²) in [6.45, 7) is 5.37. The topological polar surface area (TPSA) is 57.5 Å². The summed E-state index contributed by atoms with van der Waals surface area (Å²) < 4.78 is 0. The maximum atomic E-state index is 10.5. The third-order valence-corrected chi connectivity index (χ3v) is 2.21. The number of carbonyl (C=O) groups is 1. The van der Waals surface area contributed by atoms with Gasteiger partial charge >= 0.3 is 5.97 Å². The molecule has 0 radical (unpaired) electrons. The van der Waals surface area contributed by atoms with Crippen molar-refractivity contribution in [2.75, 3.05) is 0 Å². The molecule has 0 heterocycles. The number of allylic oxidation sites excluding steroid dienone is 1. The van der Waals surface area contributed by atoms with Crippen molar-refractivity contribution in [1.82, 2.24) is 0 Å². The summed E-state index contributed by atoms with van der Waals surface area (Å²) in [6, 6.07) is 3.63. The van der Waals surface area contributed by atoms with Gasteiger partial charge in [0, 0.05) is 11.6 Å². The normalized spacial score (nSPS) is 11.5. The summed E-state index contributed by atoms with van der Waals surface area (Å²) in [5.74, 6) is -0.860. The van der Waals surface area contributed by atoms with Crippen molar-refractivity contribution in [3.63, 3.8) is 0 Å². The lowest BCUT2D eigenvalue weighted by atomic mass is 10.00. The van der Waals surface area contributed by atoms with Crippen LogP contribution in [0.15, 0.2) is 18.2 Å². The van der Waals surface area contributed by atoms with Crippen LogP contribution in [0.3, 0.4) is 0 Å². The molecule has 0 spiro atoms. The molecule has 0 atom stereocenters. The van der Waals surface area contributed by atoms with E-state index in [0.29, 0.717) is 11.1 Å². The van der Waals surface area contributed by atoms with Gasteiger partial charge in [-0.1, -0.05) is 6.07 Å². The first-order valence-electron chi connectivity index (χ1n) is 4.63. The Morgan fingerprint density at radius 3 is 2.47 bits per heavy atom. The molecular formula is C12H14O3. The van der Waals surface area contributed by atoms with Gasteiger partial charge in [-0.15, -0.1) is 0 Å². The number of aromatic hydroxyl groups is 1. The zero-order valence-electron chi connectivity index (χ0n) is 9.03. The Balaban J connectivity index is 3.31. The second kappa shape index (κ2) is 4.17. The molecule has 0 fully saturated rings. The molecule has 1 aromatic rings. The molecule has 0 saturated heterocycles. The Morgan fingerprint density at radius 1 is 1.33 bits per heavy atom. The first kappa shape index (κ1) is 11.3. The van der Waals surface area contributed by atoms with Gasteiger partial charge in [-0.25, -0.2) is 4.79 Å². The Labute approximate surface area is 88.7 Å². The Hall–Kier alpha value is -1.77. The molecule has 3 nitrogen and oxygen atoms in total. The van der Waals surface area contributed by atoms with E-state index in [4.69, 9.17) is 5.11 Å². The van der Waals surface area contributed by atoms with Crippen LogP contribution >= 0.6 is 0 Å². The molecule has 1 rings (SSSR count). The Kier molecular flexibility index (Phi) is 3.14. The van der Waals surface area contributed by atoms with E-state index in [1.807, 2.05) is 13.0 Å². The van der Waals surface area contributed by atoms with Gasteiger partial charge in [0.25, 0.3) is 0 Å². The maximum Gasteiger partial charge on any atom is 0.328 e. The zero-order valence-corrected chi connectivity index (χ0v) is 9.03. The summed E-state index contributed by atoms with van der Waals surface area (Å²) in [5, 5.41) is 18.4. The zero-order chi connectivity index (χ0) is 11.6. The fourth-order valence-electron chi connectivity index (χ4n) is 1.52. The summed E-state index contributed by atoms with van der Waals surface area (Å²) in [7, 11) is 0. The van der Waals surface area contributed by atoms with E-state index in [9.17, 15) is 9.90 Å². The summed E-state index contributed by atoms with van der Waals surface area (Å²) in [4.78, 5) is 10.5. The second-order valence-electron chi connectivity index (χ2n) is 3.64. The number of aryl methyl sites for hydroxylation is 2. The fourth-order valence-corrected chi connectivity index (χ4v) is 1.52. The SMILES string of the molecule is CC(=CC(=O)O)c1cc(C)cc(C)c1O. The first-order valence-corrected chi connectivity index (χ1v) is 4.63. The average Bonchev–Trinajstić information content (AvgIpc) is 2.09. The number of phenolic OH excluding ortho intramolecular Hbond substituents is 1. The number of carboxylic acid groups (broad SMARTS) is 1. The third-order valence-electron chi connectivity index (χ3n) is 2.21. The number of hydrogen-bond acceptors (Lipinski definition) is 2. The van der Waals surface area contributed by atoms with Crippen molar-refractivity contribution >= 4 is 11.5 Å². The largest absolute Gasteiger partial charge is 0.507 e. The lowest BCUT2D eigenvalue weighted by Crippen LogP contribution is -1.92. The highest BCUT2D eigenvalue weighted by Crippen LogP contribution is 2.29. The smallest absolute Gasteiger partial charge is 0.328 e. The number of rotatable bonds is 2. The van der Waals surface area contributed by atoms with E-state index in [2.05, 4.69) is 0 Å². The van der Waals surface area contributed by atoms with Crippen LogP contribution < -0.4 is 0 Å². The van der Waals surface area contributed by atoms with Crippen LogP contribution in [-0.2, 0) is 4.79 Å². The summed E-state index contributed by atoms with van der Waals surface area (Å²) in [6.07, 6.45) is 1.09. The Morgan fingerprint density at radius 2 is 1.93 bits per heavy atom. The summed E-state index contributed by atoms with van der Waals surface area (Å²) >= 11 is 0. The predicted octanol–water partition coefficient (Wildman–Crippen LogP) is 2.50. The molecule has 1 aromatic carbocycles. The van der Waals surface area contributed by atoms with Crippen LogP contribution in [0.5, 0.6) is 5.75 Å². The molecule has 0 aliphatic rings. The van der Waals surface area contributed by atoms with E-state index in [0.717, 1.165) is 17.2 Å². The van der Waals surface area contributed by atoms with Gasteiger partial charge in [0.05, 0.1) is 0 Å². The minimum absolute atomic E-state index is 0.149. The van der Waals surface area contributed by atoms with E-state index in [1.165, 1.54) is 0 Å². The van der Waals surface area contributed by atoms with E-state index < -0.39 is 5.97 Å². The van der Waals surface area contributed by atoms with Crippen LogP contribution in [0.4, 0.5) is 0 Å². The first-order chi connectivity index (χ1) is 6.91. The van der Waals surface area contributed by atoms with Gasteiger partial charge in [-0.05, 0) is 43.5 Å². The third kappa shape index (κ3) is 2.59. The number of benzene rings is 1. The highest BCUT2D eigenvalue weighted by Gasteiger charge is 2.08. The highest BCUT2D eigenvalue weighted by molar-refractivity contribution is 5.90. The van der Waals surface area contributed by atoms with Crippen molar-refractivity contribution in [1.29, 1.82) is 0 Å². The number of hydrogen-bond donors (Lipinski definition) is 2. The molecule has 0 aromatic heterocycles. The molecule has 0 aliphatic heterocycles. The molecule has 80 valence electrons. The molecular weight excluding hydrogens is 192 g/mol. The summed E-state index contributed by atoms with van der Waals surface area (Å²) in [5.41, 5.74) is 2.88. The maximum absolute atomic E-state index is 10.5. The monoisotopic (exact) mass is 206 g/mol. The molecule has 2 N–H and O–H groups in total. The van der Waals surface area contributed by atoms with Crippen molar-refractivity contribution in [3.8, 4) is 5.75 Å². The number of carboxylic acids is 1. The molecule has 0 aliphatic carbocycles. The van der Waals surface area contributed by atoms with Crippen LogP contribution in [0.1, 0.15) is 23.6 Å². The van der Waals surface area contributed by atoms with Gasteiger partial charge in [0.1, 0.15) is 5.75 Å². The van der Waals surface area contributed by atoms with Crippen molar-refractivity contribution in [2.45, 2.75) is 20.8 Å². The predicted molar refractivity (Wildman–Crippen MR) is 58.9 cm³/mol. The molecule has 0 amide bonds. The lowest BCUT2D eigenvalue weighted by Gasteiger charge is -2.08. The lowest BCUT2D eigenvalue weighted by molar-refractivity contribution is -0.131. The minimum atomic E-state index is -1.01. The van der Waals surface area contributed by atoms with E-state index in [-0.39, 0.29) is 5.75 Å². The average molecular weight is 206 g/mol. The fraction of sp³-hybridized carbons (Fsp3) is 0.250. The molecule has 0 unspecified atom stereocenters. The van der Waals surface area contributed by atoms with Crippen molar-refractivity contribution < 1.29 is 15.0 Å². The van der Waals surface area contributed by atoms with E-state index in [1.54, 1.807) is 19.9 Å². The standard InChI is InChI=1S/C12H14O3/c1-7-4-9(3)12(15)10(5-7)8(2)6-11(13)14/h4-6,15H,1-3H3,(H,13,14). The number of phenols is 1. The Bertz CT molecular complexity index is 431. The van der Waals surface area contributed by atoms with Crippen molar-refractivity contribution in [3.05, 3.63) is 34.9 Å². The van der Waals surface area contributed by atoms with Crippen LogP contribution in [0, 0.1) is 13.8 Å². The van der Waals surface area contributed by atoms with Crippen LogP contribution in [-0.4, -0.2) is 16.2 Å². The molecule has 0 bridgehead atoms. The minimum Gasteiger partial charge on any atom is -0.507 e. The van der Waals surface area contributed by atoms with Gasteiger partial charge in [-0.2, -0.15) is 0 Å². The van der Waals surface area contributed by atoms with Gasteiger partial charge in [0.15, 0.2) is 0 Å². The number of aliphatic carboxylic acids is 1.